The van der Waals surface area contributed by atoms with Crippen LogP contribution in [0.4, 0.5) is 0 Å². The number of carbonyl (C=O) groups is 1. The second-order valence-corrected chi connectivity index (χ2v) is 6.66. The molecule has 106 valence electrons. The fraction of sp³-hybridized carbons (Fsp3) is 0.389. The van der Waals surface area contributed by atoms with Gasteiger partial charge in [-0.3, -0.25) is 0 Å². The summed E-state index contributed by atoms with van der Waals surface area (Å²) in [5.74, 6) is 0.541. The molecule has 0 aliphatic heterocycles. The van der Waals surface area contributed by atoms with Crippen LogP contribution in [-0.4, -0.2) is 11.5 Å². The van der Waals surface area contributed by atoms with E-state index in [1.54, 1.807) is 11.8 Å². The molecule has 1 nitrogen and oxygen atoms in total. The van der Waals surface area contributed by atoms with Crippen molar-refractivity contribution in [3.8, 4) is 0 Å². The van der Waals surface area contributed by atoms with E-state index in [1.807, 2.05) is 18.2 Å². The van der Waals surface area contributed by atoms with Gasteiger partial charge in [0.05, 0.1) is 0 Å². The minimum absolute atomic E-state index is 0.0144. The maximum atomic E-state index is 11.2. The maximum Gasteiger partial charge on any atom is 0.128 e. The normalized spacial score (nSPS) is 21.4. The monoisotopic (exact) mass is 286 g/mol. The Bertz CT molecular complexity index is 528. The van der Waals surface area contributed by atoms with E-state index in [4.69, 9.17) is 0 Å². The Balaban J connectivity index is 2.22. The molecule has 1 aliphatic carbocycles. The van der Waals surface area contributed by atoms with Gasteiger partial charge >= 0.3 is 0 Å². The number of hydrogen-bond acceptors (Lipinski definition) is 2. The number of aldehydes is 1. The third kappa shape index (κ3) is 3.43. The Morgan fingerprint density at radius 3 is 2.65 bits per heavy atom. The van der Waals surface area contributed by atoms with E-state index in [9.17, 15) is 4.79 Å². The molecule has 1 aromatic carbocycles. The van der Waals surface area contributed by atoms with Crippen molar-refractivity contribution in [3.63, 3.8) is 0 Å². The summed E-state index contributed by atoms with van der Waals surface area (Å²) in [6.07, 6.45) is 10.2. The Morgan fingerprint density at radius 2 is 2.00 bits per heavy atom. The molecule has 0 bridgehead atoms. The lowest BCUT2D eigenvalue weighted by atomic mass is 10.00. The van der Waals surface area contributed by atoms with Crippen molar-refractivity contribution in [2.45, 2.75) is 43.3 Å². The highest BCUT2D eigenvalue weighted by molar-refractivity contribution is 8.00. The average molecular weight is 286 g/mol. The second-order valence-electron chi connectivity index (χ2n) is 5.44. The van der Waals surface area contributed by atoms with Gasteiger partial charge in [-0.1, -0.05) is 57.2 Å². The second kappa shape index (κ2) is 6.94. The first-order valence-corrected chi connectivity index (χ1v) is 8.13. The van der Waals surface area contributed by atoms with Crippen LogP contribution in [0.3, 0.4) is 0 Å². The van der Waals surface area contributed by atoms with E-state index >= 15 is 0 Å². The lowest BCUT2D eigenvalue weighted by Crippen LogP contribution is -2.16. The molecule has 0 aromatic heterocycles. The van der Waals surface area contributed by atoms with Crippen LogP contribution in [0.2, 0.25) is 0 Å². The van der Waals surface area contributed by atoms with Gasteiger partial charge in [0, 0.05) is 16.1 Å². The van der Waals surface area contributed by atoms with E-state index in [2.05, 4.69) is 45.0 Å². The SMILES string of the molecule is CCc1cc(C(C)C)ccc1SC1C=CC=CC1C=O. The van der Waals surface area contributed by atoms with E-state index in [-0.39, 0.29) is 11.2 Å². The molecule has 1 aliphatic rings. The Hall–Kier alpha value is -1.28. The quantitative estimate of drug-likeness (QED) is 0.725. The van der Waals surface area contributed by atoms with Crippen molar-refractivity contribution in [1.29, 1.82) is 0 Å². The van der Waals surface area contributed by atoms with Gasteiger partial charge in [-0.2, -0.15) is 0 Å². The van der Waals surface area contributed by atoms with Crippen LogP contribution in [0.1, 0.15) is 37.8 Å². The first-order chi connectivity index (χ1) is 9.65. The maximum absolute atomic E-state index is 11.2. The molecule has 2 heteroatoms. The number of hydrogen-bond donors (Lipinski definition) is 0. The van der Waals surface area contributed by atoms with E-state index in [0.717, 1.165) is 12.7 Å². The number of carbonyl (C=O) groups excluding carboxylic acids is 1. The number of aryl methyl sites for hydroxylation is 1. The molecule has 0 radical (unpaired) electrons. The molecule has 2 atom stereocenters. The molecular formula is C18H22OS. The summed E-state index contributed by atoms with van der Waals surface area (Å²) < 4.78 is 0. The number of allylic oxidation sites excluding steroid dienone is 3. The minimum Gasteiger partial charge on any atom is -0.303 e. The van der Waals surface area contributed by atoms with Gasteiger partial charge in [-0.05, 0) is 29.5 Å². The molecule has 2 unspecified atom stereocenters. The summed E-state index contributed by atoms with van der Waals surface area (Å²) in [6, 6.07) is 6.74. The zero-order valence-corrected chi connectivity index (χ0v) is 13.2. The zero-order chi connectivity index (χ0) is 14.5. The fourth-order valence-corrected chi connectivity index (χ4v) is 3.62. The summed E-state index contributed by atoms with van der Waals surface area (Å²) in [5.41, 5.74) is 2.77. The minimum atomic E-state index is -0.0144. The first kappa shape index (κ1) is 15.1. The number of thioether (sulfide) groups is 1. The van der Waals surface area contributed by atoms with Gasteiger partial charge in [0.15, 0.2) is 0 Å². The van der Waals surface area contributed by atoms with Gasteiger partial charge in [-0.25, -0.2) is 0 Å². The summed E-state index contributed by atoms with van der Waals surface area (Å²) >= 11 is 1.80. The number of benzene rings is 1. The molecule has 0 fully saturated rings. The molecule has 0 saturated carbocycles. The Labute approximate surface area is 126 Å². The zero-order valence-electron chi connectivity index (χ0n) is 12.4. The lowest BCUT2D eigenvalue weighted by Gasteiger charge is -2.21. The largest absolute Gasteiger partial charge is 0.303 e. The van der Waals surface area contributed by atoms with Gasteiger partial charge in [0.1, 0.15) is 6.29 Å². The highest BCUT2D eigenvalue weighted by atomic mass is 32.2. The summed E-state index contributed by atoms with van der Waals surface area (Å²) in [7, 11) is 0. The molecular weight excluding hydrogens is 264 g/mol. The van der Waals surface area contributed by atoms with Crippen molar-refractivity contribution < 1.29 is 4.79 Å². The first-order valence-electron chi connectivity index (χ1n) is 7.25. The lowest BCUT2D eigenvalue weighted by molar-refractivity contribution is -0.109. The Morgan fingerprint density at radius 1 is 1.25 bits per heavy atom. The highest BCUT2D eigenvalue weighted by Crippen LogP contribution is 2.34. The average Bonchev–Trinajstić information content (AvgIpc) is 2.48. The molecule has 2 rings (SSSR count). The van der Waals surface area contributed by atoms with Gasteiger partial charge in [0.25, 0.3) is 0 Å². The van der Waals surface area contributed by atoms with Crippen molar-refractivity contribution >= 4 is 18.0 Å². The van der Waals surface area contributed by atoms with E-state index in [0.29, 0.717) is 5.92 Å². The van der Waals surface area contributed by atoms with Crippen LogP contribution in [0, 0.1) is 5.92 Å². The van der Waals surface area contributed by atoms with Crippen LogP contribution in [-0.2, 0) is 11.2 Å². The molecule has 0 saturated heterocycles. The summed E-state index contributed by atoms with van der Waals surface area (Å²) in [4.78, 5) is 12.5. The van der Waals surface area contributed by atoms with Crippen molar-refractivity contribution in [2.24, 2.45) is 5.92 Å². The van der Waals surface area contributed by atoms with Crippen molar-refractivity contribution in [3.05, 3.63) is 53.6 Å². The smallest absolute Gasteiger partial charge is 0.128 e. The molecule has 0 heterocycles. The Kier molecular flexibility index (Phi) is 5.24. The summed E-state index contributed by atoms with van der Waals surface area (Å²) in [6.45, 7) is 6.63. The molecule has 20 heavy (non-hydrogen) atoms. The predicted octanol–water partition coefficient (Wildman–Crippen LogP) is 4.77. The third-order valence-corrected chi connectivity index (χ3v) is 5.07. The van der Waals surface area contributed by atoms with Gasteiger partial charge in [-0.15, -0.1) is 11.8 Å². The van der Waals surface area contributed by atoms with Crippen molar-refractivity contribution in [2.75, 3.05) is 0 Å². The third-order valence-electron chi connectivity index (χ3n) is 3.68. The topological polar surface area (TPSA) is 17.1 Å². The molecule has 0 amide bonds. The van der Waals surface area contributed by atoms with Crippen LogP contribution in [0.25, 0.3) is 0 Å². The van der Waals surface area contributed by atoms with Crippen LogP contribution in [0.15, 0.2) is 47.4 Å². The summed E-state index contributed by atoms with van der Waals surface area (Å²) in [5, 5.41) is 0.215. The van der Waals surface area contributed by atoms with Gasteiger partial charge in [0.2, 0.25) is 0 Å². The van der Waals surface area contributed by atoms with Crippen LogP contribution >= 0.6 is 11.8 Å². The standard InChI is InChI=1S/C18H22OS/c1-4-14-11-15(13(2)3)9-10-18(14)20-17-8-6-5-7-16(17)12-19/h5-13,16-17H,4H2,1-3H3. The van der Waals surface area contributed by atoms with E-state index in [1.165, 1.54) is 16.0 Å². The van der Waals surface area contributed by atoms with Gasteiger partial charge < -0.3 is 4.79 Å². The van der Waals surface area contributed by atoms with Crippen LogP contribution < -0.4 is 0 Å². The van der Waals surface area contributed by atoms with E-state index < -0.39 is 0 Å². The predicted molar refractivity (Wildman–Crippen MR) is 87.4 cm³/mol. The molecule has 1 aromatic rings. The fourth-order valence-electron chi connectivity index (χ4n) is 2.34. The molecule has 0 N–H and O–H groups in total. The van der Waals surface area contributed by atoms with Crippen molar-refractivity contribution in [1.82, 2.24) is 0 Å². The van der Waals surface area contributed by atoms with Crippen LogP contribution in [0.5, 0.6) is 0 Å². The molecule has 0 spiro atoms. The highest BCUT2D eigenvalue weighted by Gasteiger charge is 2.20. The number of rotatable bonds is 5.